The van der Waals surface area contributed by atoms with Crippen molar-refractivity contribution in [2.45, 2.75) is 26.3 Å². The molecule has 130 valence electrons. The minimum absolute atomic E-state index is 0.515. The normalized spacial score (nSPS) is 18.9. The van der Waals surface area contributed by atoms with Crippen LogP contribution in [0.4, 0.5) is 5.13 Å². The molecule has 0 N–H and O–H groups in total. The molecule has 0 amide bonds. The Bertz CT molecular complexity index is 618. The summed E-state index contributed by atoms with van der Waals surface area (Å²) in [5.41, 5.74) is 1.29. The lowest BCUT2D eigenvalue weighted by molar-refractivity contribution is 0.0926. The molecule has 5 nitrogen and oxygen atoms in total. The van der Waals surface area contributed by atoms with E-state index < -0.39 is 0 Å². The van der Waals surface area contributed by atoms with Gasteiger partial charge in [0.1, 0.15) is 5.01 Å². The van der Waals surface area contributed by atoms with Crippen molar-refractivity contribution in [2.24, 2.45) is 0 Å². The molecule has 6 heteroatoms. The van der Waals surface area contributed by atoms with E-state index in [2.05, 4.69) is 51.2 Å². The molecule has 0 aliphatic carbocycles. The number of rotatable bonds is 7. The summed E-state index contributed by atoms with van der Waals surface area (Å²) in [6.07, 6.45) is 0.863. The van der Waals surface area contributed by atoms with Gasteiger partial charge in [-0.1, -0.05) is 41.7 Å². The van der Waals surface area contributed by atoms with Gasteiger partial charge >= 0.3 is 0 Å². The van der Waals surface area contributed by atoms with Gasteiger partial charge in [0.2, 0.25) is 5.13 Å². The molecule has 0 saturated carbocycles. The van der Waals surface area contributed by atoms with Crippen molar-refractivity contribution in [1.82, 2.24) is 15.1 Å². The molecule has 1 aliphatic rings. The Kier molecular flexibility index (Phi) is 6.18. The van der Waals surface area contributed by atoms with Gasteiger partial charge in [-0.05, 0) is 19.4 Å². The number of aromatic nitrogens is 2. The first-order chi connectivity index (χ1) is 11.8. The Morgan fingerprint density at radius 2 is 2.04 bits per heavy atom. The SMILES string of the molecule is CCOCCN1CCN(c2nnc(Cc3ccccc3)s2)CC1C. The van der Waals surface area contributed by atoms with Crippen molar-refractivity contribution in [3.63, 3.8) is 0 Å². The van der Waals surface area contributed by atoms with Crippen LogP contribution in [0.25, 0.3) is 0 Å². The molecule has 24 heavy (non-hydrogen) atoms. The zero-order chi connectivity index (χ0) is 16.8. The second kappa shape index (κ2) is 8.55. The van der Waals surface area contributed by atoms with Gasteiger partial charge < -0.3 is 9.64 Å². The molecule has 3 rings (SSSR count). The lowest BCUT2D eigenvalue weighted by atomic mass is 10.2. The van der Waals surface area contributed by atoms with Crippen LogP contribution in [0.3, 0.4) is 0 Å². The summed E-state index contributed by atoms with van der Waals surface area (Å²) in [5, 5.41) is 10.9. The Morgan fingerprint density at radius 1 is 1.21 bits per heavy atom. The highest BCUT2D eigenvalue weighted by atomic mass is 32.1. The predicted octanol–water partition coefficient (Wildman–Crippen LogP) is 2.68. The number of ether oxygens (including phenoxy) is 1. The Morgan fingerprint density at radius 3 is 2.79 bits per heavy atom. The van der Waals surface area contributed by atoms with E-state index in [1.165, 1.54) is 5.56 Å². The van der Waals surface area contributed by atoms with Crippen LogP contribution in [0.15, 0.2) is 30.3 Å². The fourth-order valence-corrected chi connectivity index (χ4v) is 3.95. The van der Waals surface area contributed by atoms with Gasteiger partial charge in [0, 0.05) is 45.2 Å². The molecule has 2 aromatic rings. The third-order valence-electron chi connectivity index (χ3n) is 4.42. The van der Waals surface area contributed by atoms with Crippen molar-refractivity contribution < 1.29 is 4.74 Å². The third-order valence-corrected chi connectivity index (χ3v) is 5.40. The summed E-state index contributed by atoms with van der Waals surface area (Å²) in [4.78, 5) is 4.87. The highest BCUT2D eigenvalue weighted by Crippen LogP contribution is 2.24. The van der Waals surface area contributed by atoms with E-state index in [0.717, 1.165) is 56.0 Å². The first-order valence-electron chi connectivity index (χ1n) is 8.69. The van der Waals surface area contributed by atoms with E-state index in [1.807, 2.05) is 13.0 Å². The summed E-state index contributed by atoms with van der Waals surface area (Å²) in [5.74, 6) is 0. The fourth-order valence-electron chi connectivity index (χ4n) is 3.04. The maximum atomic E-state index is 5.48. The zero-order valence-electron chi connectivity index (χ0n) is 14.5. The number of hydrogen-bond donors (Lipinski definition) is 0. The molecule has 1 aromatic carbocycles. The van der Waals surface area contributed by atoms with E-state index in [4.69, 9.17) is 4.74 Å². The van der Waals surface area contributed by atoms with E-state index in [9.17, 15) is 0 Å². The van der Waals surface area contributed by atoms with Crippen molar-refractivity contribution in [1.29, 1.82) is 0 Å². The van der Waals surface area contributed by atoms with Crippen LogP contribution < -0.4 is 4.90 Å². The summed E-state index contributed by atoms with van der Waals surface area (Å²) < 4.78 is 5.48. The van der Waals surface area contributed by atoms with Gasteiger partial charge in [-0.2, -0.15) is 0 Å². The van der Waals surface area contributed by atoms with Gasteiger partial charge in [-0.25, -0.2) is 0 Å². The first kappa shape index (κ1) is 17.3. The predicted molar refractivity (Wildman–Crippen MR) is 98.9 cm³/mol. The van der Waals surface area contributed by atoms with E-state index in [0.29, 0.717) is 6.04 Å². The van der Waals surface area contributed by atoms with Crippen LogP contribution in [-0.2, 0) is 11.2 Å². The third kappa shape index (κ3) is 4.53. The summed E-state index contributed by atoms with van der Waals surface area (Å²) in [6.45, 7) is 10.0. The van der Waals surface area contributed by atoms with Crippen LogP contribution in [0.2, 0.25) is 0 Å². The topological polar surface area (TPSA) is 41.5 Å². The summed E-state index contributed by atoms with van der Waals surface area (Å²) >= 11 is 1.72. The molecule has 2 heterocycles. The molecule has 1 unspecified atom stereocenters. The van der Waals surface area contributed by atoms with Crippen molar-refractivity contribution in [3.8, 4) is 0 Å². The molecule has 0 spiro atoms. The molecule has 1 aromatic heterocycles. The second-order valence-corrected chi connectivity index (χ2v) is 7.21. The number of benzene rings is 1. The maximum absolute atomic E-state index is 5.48. The molecule has 0 radical (unpaired) electrons. The number of piperazine rings is 1. The van der Waals surface area contributed by atoms with Crippen LogP contribution in [0.5, 0.6) is 0 Å². The van der Waals surface area contributed by atoms with Crippen molar-refractivity contribution in [3.05, 3.63) is 40.9 Å². The highest BCUT2D eigenvalue weighted by Gasteiger charge is 2.25. The zero-order valence-corrected chi connectivity index (χ0v) is 15.3. The molecule has 1 atom stereocenters. The van der Waals surface area contributed by atoms with Gasteiger partial charge in [-0.15, -0.1) is 10.2 Å². The lowest BCUT2D eigenvalue weighted by Gasteiger charge is -2.39. The van der Waals surface area contributed by atoms with Crippen molar-refractivity contribution >= 4 is 16.5 Å². The smallest absolute Gasteiger partial charge is 0.208 e. The molecular weight excluding hydrogens is 320 g/mol. The molecular formula is C18H26N4OS. The van der Waals surface area contributed by atoms with E-state index in [-0.39, 0.29) is 0 Å². The maximum Gasteiger partial charge on any atom is 0.208 e. The highest BCUT2D eigenvalue weighted by molar-refractivity contribution is 7.15. The molecule has 1 fully saturated rings. The molecule has 1 aliphatic heterocycles. The largest absolute Gasteiger partial charge is 0.380 e. The minimum Gasteiger partial charge on any atom is -0.380 e. The minimum atomic E-state index is 0.515. The van der Waals surface area contributed by atoms with E-state index >= 15 is 0 Å². The van der Waals surface area contributed by atoms with Crippen LogP contribution in [0, 0.1) is 0 Å². The molecule has 1 saturated heterocycles. The number of hydrogen-bond acceptors (Lipinski definition) is 6. The summed E-state index contributed by atoms with van der Waals surface area (Å²) in [7, 11) is 0. The standard InChI is InChI=1S/C18H26N4OS/c1-3-23-12-11-21-9-10-22(14-15(21)2)18-20-19-17(24-18)13-16-7-5-4-6-8-16/h4-8,15H,3,9-14H2,1-2H3. The van der Waals surface area contributed by atoms with Gasteiger partial charge in [-0.3, -0.25) is 4.90 Å². The van der Waals surface area contributed by atoms with Gasteiger partial charge in [0.25, 0.3) is 0 Å². The average molecular weight is 347 g/mol. The van der Waals surface area contributed by atoms with Gasteiger partial charge in [0.15, 0.2) is 0 Å². The molecule has 0 bridgehead atoms. The Balaban J connectivity index is 1.54. The monoisotopic (exact) mass is 346 g/mol. The first-order valence-corrected chi connectivity index (χ1v) is 9.51. The Labute approximate surface area is 148 Å². The fraction of sp³-hybridized carbons (Fsp3) is 0.556. The Hall–Kier alpha value is -1.50. The van der Waals surface area contributed by atoms with Crippen molar-refractivity contribution in [2.75, 3.05) is 44.3 Å². The average Bonchev–Trinajstić information content (AvgIpc) is 3.06. The second-order valence-electron chi connectivity index (χ2n) is 6.17. The van der Waals surface area contributed by atoms with Gasteiger partial charge in [0.05, 0.1) is 6.61 Å². The van der Waals surface area contributed by atoms with E-state index in [1.54, 1.807) is 11.3 Å². The summed E-state index contributed by atoms with van der Waals surface area (Å²) in [6, 6.07) is 11.0. The van der Waals surface area contributed by atoms with Crippen LogP contribution >= 0.6 is 11.3 Å². The van der Waals surface area contributed by atoms with Crippen LogP contribution in [-0.4, -0.2) is 60.5 Å². The number of nitrogens with zero attached hydrogens (tertiary/aromatic N) is 4. The number of anilines is 1. The quantitative estimate of drug-likeness (QED) is 0.721. The van der Waals surface area contributed by atoms with Crippen LogP contribution in [0.1, 0.15) is 24.4 Å². The lowest BCUT2D eigenvalue weighted by Crippen LogP contribution is -2.52.